The Morgan fingerprint density at radius 2 is 1.73 bits per heavy atom. The molecule has 0 aliphatic carbocycles. The monoisotopic (exact) mass is 232 g/mol. The predicted octanol–water partition coefficient (Wildman–Crippen LogP) is 2.46. The first-order valence-electron chi connectivity index (χ1n) is 4.87. The highest BCUT2D eigenvalue weighted by atomic mass is 19.4. The Kier molecular flexibility index (Phi) is 7.68. The molecule has 0 aromatic rings. The third-order valence-electron chi connectivity index (χ3n) is 1.87. The average Bonchev–Trinajstić information content (AvgIpc) is 2.14. The number of hydrogen-bond acceptors (Lipinski definition) is 2. The van der Waals surface area contributed by atoms with Crippen LogP contribution in [-0.2, 0) is 4.74 Å². The second-order valence-electron chi connectivity index (χ2n) is 3.21. The van der Waals surface area contributed by atoms with Crippen molar-refractivity contribution in [2.45, 2.75) is 38.0 Å². The summed E-state index contributed by atoms with van der Waals surface area (Å²) < 4.78 is 51.7. The molecule has 0 aromatic heterocycles. The Morgan fingerprint density at radius 1 is 1.07 bits per heavy atom. The number of hydrogen-bond donors (Lipinski definition) is 1. The van der Waals surface area contributed by atoms with E-state index in [0.717, 1.165) is 0 Å². The molecule has 0 saturated carbocycles. The van der Waals surface area contributed by atoms with Crippen LogP contribution in [0.3, 0.4) is 0 Å². The van der Waals surface area contributed by atoms with Crippen LogP contribution < -0.4 is 0 Å². The summed E-state index contributed by atoms with van der Waals surface area (Å²) in [6, 6.07) is 0. The molecule has 1 atom stereocenters. The largest absolute Gasteiger partial charge is 0.414 e. The number of unbranched alkanes of at least 4 members (excludes halogenated alkanes) is 2. The summed E-state index contributed by atoms with van der Waals surface area (Å²) in [4.78, 5) is 0. The minimum atomic E-state index is -4.52. The van der Waals surface area contributed by atoms with Crippen molar-refractivity contribution in [2.24, 2.45) is 0 Å². The molecule has 0 aliphatic heterocycles. The standard InChI is InChI=1S/C9H16F4O2/c10-5-7-15-6-3-1-2-4-8(14)9(11,12)13/h8,14H,1-7H2. The van der Waals surface area contributed by atoms with E-state index in [1.54, 1.807) is 0 Å². The van der Waals surface area contributed by atoms with Crippen LogP contribution in [0.15, 0.2) is 0 Å². The number of alkyl halides is 4. The molecule has 2 nitrogen and oxygen atoms in total. The molecule has 15 heavy (non-hydrogen) atoms. The zero-order valence-corrected chi connectivity index (χ0v) is 8.39. The molecular weight excluding hydrogens is 216 g/mol. The fourth-order valence-electron chi connectivity index (χ4n) is 1.04. The van der Waals surface area contributed by atoms with Gasteiger partial charge in [0.15, 0.2) is 0 Å². The topological polar surface area (TPSA) is 29.5 Å². The van der Waals surface area contributed by atoms with E-state index in [-0.39, 0.29) is 13.0 Å². The Hall–Kier alpha value is -0.360. The molecule has 0 bridgehead atoms. The van der Waals surface area contributed by atoms with Crippen molar-refractivity contribution in [1.29, 1.82) is 0 Å². The Labute approximate surface area is 86.2 Å². The van der Waals surface area contributed by atoms with Crippen LogP contribution in [0.4, 0.5) is 17.6 Å². The van der Waals surface area contributed by atoms with Gasteiger partial charge in [-0.2, -0.15) is 13.2 Å². The summed E-state index contributed by atoms with van der Waals surface area (Å²) in [6.45, 7) is -0.163. The SMILES string of the molecule is OC(CCCCCOCCF)C(F)(F)F. The normalized spacial score (nSPS) is 14.2. The first kappa shape index (κ1) is 14.6. The van der Waals surface area contributed by atoms with Crippen molar-refractivity contribution >= 4 is 0 Å². The van der Waals surface area contributed by atoms with Gasteiger partial charge in [-0.25, -0.2) is 4.39 Å². The minimum absolute atomic E-state index is 0.0329. The maximum atomic E-state index is 11.8. The number of aliphatic hydroxyl groups excluding tert-OH is 1. The van der Waals surface area contributed by atoms with Gasteiger partial charge in [-0.1, -0.05) is 12.8 Å². The van der Waals surface area contributed by atoms with Crippen molar-refractivity contribution in [1.82, 2.24) is 0 Å². The summed E-state index contributed by atoms with van der Waals surface area (Å²) in [5.74, 6) is 0. The lowest BCUT2D eigenvalue weighted by Gasteiger charge is -2.13. The number of ether oxygens (including phenoxy) is 1. The van der Waals surface area contributed by atoms with E-state index in [9.17, 15) is 17.6 Å². The first-order chi connectivity index (χ1) is 6.98. The molecule has 92 valence electrons. The highest BCUT2D eigenvalue weighted by molar-refractivity contribution is 4.64. The van der Waals surface area contributed by atoms with Gasteiger partial charge in [0.1, 0.15) is 12.8 Å². The van der Waals surface area contributed by atoms with Crippen LogP contribution in [0.5, 0.6) is 0 Å². The third kappa shape index (κ3) is 8.62. The second kappa shape index (κ2) is 7.87. The van der Waals surface area contributed by atoms with Gasteiger partial charge < -0.3 is 9.84 Å². The molecule has 0 aromatic carbocycles. The zero-order chi connectivity index (χ0) is 11.7. The van der Waals surface area contributed by atoms with E-state index in [2.05, 4.69) is 0 Å². The van der Waals surface area contributed by atoms with Crippen molar-refractivity contribution in [3.05, 3.63) is 0 Å². The van der Waals surface area contributed by atoms with Crippen molar-refractivity contribution < 1.29 is 27.4 Å². The first-order valence-corrected chi connectivity index (χ1v) is 4.87. The number of aliphatic hydroxyl groups is 1. The van der Waals surface area contributed by atoms with Gasteiger partial charge >= 0.3 is 6.18 Å². The van der Waals surface area contributed by atoms with E-state index in [4.69, 9.17) is 9.84 Å². The van der Waals surface area contributed by atoms with Gasteiger partial charge in [-0.05, 0) is 12.8 Å². The van der Waals surface area contributed by atoms with Crippen molar-refractivity contribution in [2.75, 3.05) is 19.9 Å². The molecule has 1 unspecified atom stereocenters. The predicted molar refractivity (Wildman–Crippen MR) is 47.3 cm³/mol. The highest BCUT2D eigenvalue weighted by Crippen LogP contribution is 2.23. The van der Waals surface area contributed by atoms with Crippen LogP contribution >= 0.6 is 0 Å². The maximum Gasteiger partial charge on any atom is 0.414 e. The van der Waals surface area contributed by atoms with E-state index in [0.29, 0.717) is 25.9 Å². The van der Waals surface area contributed by atoms with E-state index < -0.39 is 19.0 Å². The van der Waals surface area contributed by atoms with Crippen molar-refractivity contribution in [3.8, 4) is 0 Å². The van der Waals surface area contributed by atoms with Gasteiger partial charge in [0.05, 0.1) is 6.61 Å². The lowest BCUT2D eigenvalue weighted by Crippen LogP contribution is -2.28. The lowest BCUT2D eigenvalue weighted by atomic mass is 10.1. The fraction of sp³-hybridized carbons (Fsp3) is 1.00. The zero-order valence-electron chi connectivity index (χ0n) is 8.39. The summed E-state index contributed by atoms with van der Waals surface area (Å²) in [5, 5.41) is 8.62. The summed E-state index contributed by atoms with van der Waals surface area (Å²) in [6.07, 6.45) is -5.62. The van der Waals surface area contributed by atoms with Crippen LogP contribution in [0.25, 0.3) is 0 Å². The smallest absolute Gasteiger partial charge is 0.384 e. The molecule has 0 aliphatic rings. The molecule has 0 spiro atoms. The molecule has 0 radical (unpaired) electrons. The van der Waals surface area contributed by atoms with Gasteiger partial charge in [-0.15, -0.1) is 0 Å². The quantitative estimate of drug-likeness (QED) is 0.514. The highest BCUT2D eigenvalue weighted by Gasteiger charge is 2.37. The fourth-order valence-corrected chi connectivity index (χ4v) is 1.04. The van der Waals surface area contributed by atoms with E-state index in [1.165, 1.54) is 0 Å². The summed E-state index contributed by atoms with van der Waals surface area (Å²) in [7, 11) is 0. The van der Waals surface area contributed by atoms with Gasteiger partial charge in [0.2, 0.25) is 0 Å². The van der Waals surface area contributed by atoms with Crippen LogP contribution in [0.1, 0.15) is 25.7 Å². The van der Waals surface area contributed by atoms with Gasteiger partial charge in [0, 0.05) is 6.61 Å². The van der Waals surface area contributed by atoms with Crippen molar-refractivity contribution in [3.63, 3.8) is 0 Å². The van der Waals surface area contributed by atoms with E-state index in [1.807, 2.05) is 0 Å². The number of rotatable bonds is 8. The van der Waals surface area contributed by atoms with Crippen LogP contribution in [0.2, 0.25) is 0 Å². The van der Waals surface area contributed by atoms with E-state index >= 15 is 0 Å². The molecule has 0 fully saturated rings. The average molecular weight is 232 g/mol. The second-order valence-corrected chi connectivity index (χ2v) is 3.21. The van der Waals surface area contributed by atoms with Gasteiger partial charge in [-0.3, -0.25) is 0 Å². The molecule has 6 heteroatoms. The minimum Gasteiger partial charge on any atom is -0.384 e. The molecule has 0 saturated heterocycles. The molecule has 0 heterocycles. The van der Waals surface area contributed by atoms with Crippen LogP contribution in [0, 0.1) is 0 Å². The Balaban J connectivity index is 3.24. The lowest BCUT2D eigenvalue weighted by molar-refractivity contribution is -0.205. The molecule has 0 rings (SSSR count). The Bertz CT molecular complexity index is 150. The van der Waals surface area contributed by atoms with Crippen LogP contribution in [-0.4, -0.2) is 37.3 Å². The van der Waals surface area contributed by atoms with Gasteiger partial charge in [0.25, 0.3) is 0 Å². The maximum absolute atomic E-state index is 11.8. The molecular formula is C9H16F4O2. The molecule has 0 amide bonds. The summed E-state index contributed by atoms with van der Waals surface area (Å²) in [5.41, 5.74) is 0. The third-order valence-corrected chi connectivity index (χ3v) is 1.87. The summed E-state index contributed by atoms with van der Waals surface area (Å²) >= 11 is 0. The molecule has 1 N–H and O–H groups in total. The Morgan fingerprint density at radius 3 is 2.27 bits per heavy atom. The number of halogens is 4.